The van der Waals surface area contributed by atoms with Crippen molar-refractivity contribution in [3.63, 3.8) is 0 Å². The summed E-state index contributed by atoms with van der Waals surface area (Å²) in [4.78, 5) is 2.58. The van der Waals surface area contributed by atoms with E-state index < -0.39 is 10.0 Å². The fraction of sp³-hybridized carbons (Fsp3) is 0.600. The van der Waals surface area contributed by atoms with Gasteiger partial charge in [-0.05, 0) is 50.6 Å². The molecule has 6 heteroatoms. The number of nitrogens with zero attached hydrogens (tertiary/aromatic N) is 2. The van der Waals surface area contributed by atoms with Gasteiger partial charge in [0.2, 0.25) is 10.0 Å². The van der Waals surface area contributed by atoms with Gasteiger partial charge in [-0.1, -0.05) is 28.1 Å². The minimum absolute atomic E-state index is 0.401. The van der Waals surface area contributed by atoms with Gasteiger partial charge in [0.1, 0.15) is 0 Å². The summed E-state index contributed by atoms with van der Waals surface area (Å²) in [6.07, 6.45) is 1.88. The molecule has 0 saturated carbocycles. The number of alkyl halides is 1. The van der Waals surface area contributed by atoms with E-state index in [0.717, 1.165) is 30.3 Å². The maximum atomic E-state index is 12.6. The molecule has 1 saturated heterocycles. The number of benzene rings is 1. The molecular weight excluding hydrogens is 352 g/mol. The van der Waals surface area contributed by atoms with Crippen LogP contribution in [0.5, 0.6) is 0 Å². The van der Waals surface area contributed by atoms with Crippen LogP contribution in [0.2, 0.25) is 0 Å². The van der Waals surface area contributed by atoms with Crippen molar-refractivity contribution in [1.82, 2.24) is 9.21 Å². The zero-order valence-electron chi connectivity index (χ0n) is 12.6. The third kappa shape index (κ3) is 4.28. The van der Waals surface area contributed by atoms with Crippen LogP contribution in [0.15, 0.2) is 29.2 Å². The number of hydrogen-bond donors (Lipinski definition) is 0. The van der Waals surface area contributed by atoms with Gasteiger partial charge in [0, 0.05) is 25.0 Å². The molecule has 1 aromatic rings. The predicted molar refractivity (Wildman–Crippen MR) is 89.1 cm³/mol. The second kappa shape index (κ2) is 7.22. The van der Waals surface area contributed by atoms with Gasteiger partial charge in [-0.15, -0.1) is 0 Å². The van der Waals surface area contributed by atoms with Crippen molar-refractivity contribution in [2.24, 2.45) is 5.92 Å². The van der Waals surface area contributed by atoms with Crippen molar-refractivity contribution in [3.05, 3.63) is 29.8 Å². The van der Waals surface area contributed by atoms with E-state index in [1.165, 1.54) is 0 Å². The first-order chi connectivity index (χ1) is 9.93. The average molecular weight is 375 g/mol. The molecule has 21 heavy (non-hydrogen) atoms. The van der Waals surface area contributed by atoms with E-state index in [2.05, 4.69) is 34.9 Å². The summed E-state index contributed by atoms with van der Waals surface area (Å²) < 4.78 is 26.9. The first-order valence-corrected chi connectivity index (χ1v) is 9.79. The summed E-state index contributed by atoms with van der Waals surface area (Å²) in [7, 11) is 0.794. The Kier molecular flexibility index (Phi) is 5.82. The van der Waals surface area contributed by atoms with Crippen molar-refractivity contribution >= 4 is 26.0 Å². The molecule has 0 unspecified atom stereocenters. The Hall–Kier alpha value is -0.430. The molecule has 0 N–H and O–H groups in total. The summed E-state index contributed by atoms with van der Waals surface area (Å²) in [5, 5.41) is 0.739. The monoisotopic (exact) mass is 374 g/mol. The molecule has 0 atom stereocenters. The van der Waals surface area contributed by atoms with Crippen LogP contribution in [0.1, 0.15) is 18.4 Å². The van der Waals surface area contributed by atoms with Gasteiger partial charge < -0.3 is 4.90 Å². The van der Waals surface area contributed by atoms with Gasteiger partial charge >= 0.3 is 0 Å². The third-order valence-electron chi connectivity index (χ3n) is 3.91. The molecule has 0 amide bonds. The summed E-state index contributed by atoms with van der Waals surface area (Å²) in [6.45, 7) is 2.29. The van der Waals surface area contributed by atoms with Crippen molar-refractivity contribution < 1.29 is 8.42 Å². The van der Waals surface area contributed by atoms with Gasteiger partial charge in [-0.25, -0.2) is 8.42 Å². The van der Waals surface area contributed by atoms with E-state index in [9.17, 15) is 8.42 Å². The quantitative estimate of drug-likeness (QED) is 0.743. The molecular formula is C15H23BrN2O2S. The van der Waals surface area contributed by atoms with Crippen LogP contribution in [0.4, 0.5) is 0 Å². The maximum absolute atomic E-state index is 12.6. The van der Waals surface area contributed by atoms with Crippen LogP contribution in [0, 0.1) is 5.92 Å². The molecule has 0 radical (unpaired) electrons. The molecule has 1 fully saturated rings. The van der Waals surface area contributed by atoms with Crippen LogP contribution in [-0.2, 0) is 15.4 Å². The van der Waals surface area contributed by atoms with E-state index in [4.69, 9.17) is 0 Å². The van der Waals surface area contributed by atoms with Gasteiger partial charge in [0.05, 0.1) is 4.90 Å². The van der Waals surface area contributed by atoms with Crippen molar-refractivity contribution in [2.45, 2.75) is 23.1 Å². The Balaban J connectivity index is 2.03. The van der Waals surface area contributed by atoms with E-state index in [-0.39, 0.29) is 0 Å². The molecule has 118 valence electrons. The Morgan fingerprint density at radius 3 is 2.24 bits per heavy atom. The molecule has 2 rings (SSSR count). The highest BCUT2D eigenvalue weighted by atomic mass is 79.9. The summed E-state index contributed by atoms with van der Waals surface area (Å²) >= 11 is 3.37. The fourth-order valence-electron chi connectivity index (χ4n) is 2.75. The Labute approximate surface area is 136 Å². The molecule has 1 aliphatic rings. The van der Waals surface area contributed by atoms with Crippen LogP contribution in [-0.4, -0.2) is 51.4 Å². The van der Waals surface area contributed by atoms with E-state index in [1.54, 1.807) is 16.4 Å². The number of rotatable bonds is 5. The minimum atomic E-state index is -3.33. The predicted octanol–water partition coefficient (Wildman–Crippen LogP) is 2.54. The molecule has 1 heterocycles. The highest BCUT2D eigenvalue weighted by Crippen LogP contribution is 2.24. The highest BCUT2D eigenvalue weighted by Gasteiger charge is 2.29. The number of hydrogen-bond acceptors (Lipinski definition) is 3. The number of piperidine rings is 1. The Morgan fingerprint density at radius 2 is 1.76 bits per heavy atom. The lowest BCUT2D eigenvalue weighted by Crippen LogP contribution is -2.40. The van der Waals surface area contributed by atoms with E-state index in [1.807, 2.05) is 12.1 Å². The van der Waals surface area contributed by atoms with Gasteiger partial charge in [-0.2, -0.15) is 4.31 Å². The van der Waals surface area contributed by atoms with Gasteiger partial charge in [-0.3, -0.25) is 0 Å². The Morgan fingerprint density at radius 1 is 1.19 bits per heavy atom. The van der Waals surface area contributed by atoms with Crippen LogP contribution in [0.25, 0.3) is 0 Å². The minimum Gasteiger partial charge on any atom is -0.309 e. The second-order valence-corrected chi connectivity index (χ2v) is 8.39. The summed E-state index contributed by atoms with van der Waals surface area (Å²) in [5.41, 5.74) is 1.08. The largest absolute Gasteiger partial charge is 0.309 e. The second-order valence-electron chi connectivity index (χ2n) is 5.89. The van der Waals surface area contributed by atoms with Gasteiger partial charge in [0.25, 0.3) is 0 Å². The van der Waals surface area contributed by atoms with Crippen molar-refractivity contribution in [2.75, 3.05) is 33.7 Å². The topological polar surface area (TPSA) is 40.6 Å². The SMILES string of the molecule is CN(C)CC1CCN(S(=O)(=O)c2ccc(CBr)cc2)CC1. The first-order valence-electron chi connectivity index (χ1n) is 7.23. The molecule has 0 spiro atoms. The highest BCUT2D eigenvalue weighted by molar-refractivity contribution is 9.08. The molecule has 0 aliphatic carbocycles. The molecule has 4 nitrogen and oxygen atoms in total. The van der Waals surface area contributed by atoms with Crippen molar-refractivity contribution in [1.29, 1.82) is 0 Å². The van der Waals surface area contributed by atoms with Crippen LogP contribution in [0.3, 0.4) is 0 Å². The first kappa shape index (κ1) is 16.9. The fourth-order valence-corrected chi connectivity index (χ4v) is 4.59. The van der Waals surface area contributed by atoms with Crippen LogP contribution >= 0.6 is 15.9 Å². The summed E-state index contributed by atoms with van der Waals surface area (Å²) in [6, 6.07) is 7.14. The molecule has 0 aromatic heterocycles. The standard InChI is InChI=1S/C15H23BrN2O2S/c1-17(2)12-14-7-9-18(10-8-14)21(19,20)15-5-3-13(11-16)4-6-15/h3-6,14H,7-12H2,1-2H3. The zero-order chi connectivity index (χ0) is 15.5. The van der Waals surface area contributed by atoms with E-state index in [0.29, 0.717) is 23.9 Å². The number of sulfonamides is 1. The third-order valence-corrected chi connectivity index (χ3v) is 6.47. The normalized spacial score (nSPS) is 18.3. The molecule has 0 bridgehead atoms. The zero-order valence-corrected chi connectivity index (χ0v) is 15.0. The van der Waals surface area contributed by atoms with Gasteiger partial charge in [0.15, 0.2) is 0 Å². The lowest BCUT2D eigenvalue weighted by molar-refractivity contribution is 0.225. The van der Waals surface area contributed by atoms with Crippen molar-refractivity contribution in [3.8, 4) is 0 Å². The maximum Gasteiger partial charge on any atom is 0.243 e. The lowest BCUT2D eigenvalue weighted by atomic mass is 9.98. The molecule has 1 aliphatic heterocycles. The molecule has 1 aromatic carbocycles. The smallest absolute Gasteiger partial charge is 0.243 e. The average Bonchev–Trinajstić information content (AvgIpc) is 2.47. The Bertz CT molecular complexity index is 550. The van der Waals surface area contributed by atoms with Crippen LogP contribution < -0.4 is 0 Å². The lowest BCUT2D eigenvalue weighted by Gasteiger charge is -2.32. The van der Waals surface area contributed by atoms with E-state index >= 15 is 0 Å². The number of halogens is 1. The summed E-state index contributed by atoms with van der Waals surface area (Å²) in [5.74, 6) is 0.599.